The molecule has 2 rings (SSSR count). The number of nitrogens with zero attached hydrogens (tertiary/aromatic N) is 2. The van der Waals surface area contributed by atoms with Crippen LogP contribution in [0.4, 0.5) is 4.79 Å². The van der Waals surface area contributed by atoms with Crippen molar-refractivity contribution in [1.82, 2.24) is 15.5 Å². The Labute approximate surface area is 166 Å². The number of halogens is 1. The van der Waals surface area contributed by atoms with Crippen LogP contribution in [0.1, 0.15) is 39.9 Å². The number of rotatable bonds is 4. The fraction of sp³-hybridized carbons (Fsp3) is 0.647. The van der Waals surface area contributed by atoms with Crippen LogP contribution in [0.25, 0.3) is 0 Å². The van der Waals surface area contributed by atoms with Gasteiger partial charge in [0.1, 0.15) is 17.9 Å². The molecule has 1 atom stereocenters. The molecule has 0 aromatic carbocycles. The lowest BCUT2D eigenvalue weighted by molar-refractivity contribution is 0.0507. The molecule has 25 heavy (non-hydrogen) atoms. The van der Waals surface area contributed by atoms with E-state index in [1.165, 1.54) is 0 Å². The minimum atomic E-state index is -0.484. The molecule has 1 amide bonds. The van der Waals surface area contributed by atoms with E-state index in [9.17, 15) is 4.79 Å². The van der Waals surface area contributed by atoms with E-state index in [0.29, 0.717) is 13.1 Å². The number of hydrogen-bond donors (Lipinski definition) is 2. The predicted octanol–water partition coefficient (Wildman–Crippen LogP) is 2.96. The van der Waals surface area contributed by atoms with Crippen LogP contribution >= 0.6 is 24.0 Å². The Morgan fingerprint density at radius 3 is 2.84 bits per heavy atom. The summed E-state index contributed by atoms with van der Waals surface area (Å²) in [6.45, 7) is 10.4. The first-order valence-corrected chi connectivity index (χ1v) is 8.42. The largest absolute Gasteiger partial charge is 0.467 e. The Hall–Kier alpha value is -1.45. The molecule has 8 heteroatoms. The van der Waals surface area contributed by atoms with Crippen LogP contribution in [0, 0.1) is 0 Å². The number of nitrogens with one attached hydrogen (secondary N) is 2. The first-order chi connectivity index (χ1) is 11.4. The molecular formula is C17H29IN4O3. The summed E-state index contributed by atoms with van der Waals surface area (Å²) >= 11 is 0. The van der Waals surface area contributed by atoms with Gasteiger partial charge >= 0.3 is 6.09 Å². The third kappa shape index (κ3) is 7.54. The van der Waals surface area contributed by atoms with Gasteiger partial charge in [-0.2, -0.15) is 0 Å². The molecule has 0 radical (unpaired) electrons. The van der Waals surface area contributed by atoms with Crippen molar-refractivity contribution in [1.29, 1.82) is 0 Å². The summed E-state index contributed by atoms with van der Waals surface area (Å²) in [5.74, 6) is 1.66. The first-order valence-electron chi connectivity index (χ1n) is 8.42. The summed E-state index contributed by atoms with van der Waals surface area (Å²) in [5.41, 5.74) is -0.484. The third-order valence-corrected chi connectivity index (χ3v) is 3.51. The number of carbonyl (C=O) groups excluding carboxylic acids is 1. The number of likely N-dealkylation sites (tertiary alicyclic amines) is 1. The molecule has 7 nitrogen and oxygen atoms in total. The summed E-state index contributed by atoms with van der Waals surface area (Å²) in [7, 11) is 0. The molecule has 1 aliphatic rings. The van der Waals surface area contributed by atoms with E-state index < -0.39 is 5.60 Å². The van der Waals surface area contributed by atoms with Gasteiger partial charge < -0.3 is 24.7 Å². The molecule has 0 spiro atoms. The van der Waals surface area contributed by atoms with Gasteiger partial charge in [-0.1, -0.05) is 0 Å². The van der Waals surface area contributed by atoms with E-state index in [4.69, 9.17) is 9.15 Å². The first kappa shape index (κ1) is 21.6. The van der Waals surface area contributed by atoms with Crippen LogP contribution in [0.15, 0.2) is 27.8 Å². The number of alkyl carbamates (subject to hydrolysis) is 1. The van der Waals surface area contributed by atoms with Crippen LogP contribution in [0.2, 0.25) is 0 Å². The molecular weight excluding hydrogens is 435 g/mol. The lowest BCUT2D eigenvalue weighted by atomic mass is 10.2. The highest BCUT2D eigenvalue weighted by Crippen LogP contribution is 2.12. The van der Waals surface area contributed by atoms with Gasteiger partial charge in [0.2, 0.25) is 0 Å². The van der Waals surface area contributed by atoms with Gasteiger partial charge in [0.05, 0.1) is 12.3 Å². The molecule has 2 N–H and O–H groups in total. The number of aliphatic imine (C=N–C) groups is 1. The lowest BCUT2D eigenvalue weighted by Crippen LogP contribution is -2.44. The zero-order valence-corrected chi connectivity index (χ0v) is 17.7. The van der Waals surface area contributed by atoms with Gasteiger partial charge in [0, 0.05) is 19.6 Å². The maximum absolute atomic E-state index is 11.9. The van der Waals surface area contributed by atoms with Crippen molar-refractivity contribution < 1.29 is 13.9 Å². The number of amides is 1. The molecule has 1 aromatic heterocycles. The van der Waals surface area contributed by atoms with E-state index >= 15 is 0 Å². The lowest BCUT2D eigenvalue weighted by Gasteiger charge is -2.23. The predicted molar refractivity (Wildman–Crippen MR) is 108 cm³/mol. The van der Waals surface area contributed by atoms with Gasteiger partial charge in [-0.15, -0.1) is 24.0 Å². The van der Waals surface area contributed by atoms with Crippen LogP contribution in [0.3, 0.4) is 0 Å². The number of furan rings is 1. The smallest absolute Gasteiger partial charge is 0.407 e. The van der Waals surface area contributed by atoms with Crippen molar-refractivity contribution in [3.05, 3.63) is 24.2 Å². The van der Waals surface area contributed by atoms with Gasteiger partial charge in [-0.25, -0.2) is 9.79 Å². The molecule has 1 aromatic rings. The van der Waals surface area contributed by atoms with Crippen LogP contribution in [-0.4, -0.2) is 48.2 Å². The standard InChI is InChI=1S/C17H28N4O3.HI/c1-5-18-15(19-11-14-7-6-10-23-14)21-9-8-13(12-21)20-16(22)24-17(2,3)4;/h6-7,10,13H,5,8-9,11-12H2,1-4H3,(H,18,19)(H,20,22);1H. The molecule has 2 heterocycles. The normalized spacial score (nSPS) is 17.8. The zero-order chi connectivity index (χ0) is 17.6. The Morgan fingerprint density at radius 2 is 2.24 bits per heavy atom. The highest BCUT2D eigenvalue weighted by Gasteiger charge is 2.27. The fourth-order valence-corrected chi connectivity index (χ4v) is 2.53. The number of hydrogen-bond acceptors (Lipinski definition) is 4. The SMILES string of the molecule is CCNC(=NCc1ccco1)N1CCC(NC(=O)OC(C)(C)C)C1.I. The van der Waals surface area contributed by atoms with Gasteiger partial charge in [0.25, 0.3) is 0 Å². The summed E-state index contributed by atoms with van der Waals surface area (Å²) in [4.78, 5) is 18.6. The monoisotopic (exact) mass is 464 g/mol. The van der Waals surface area contributed by atoms with E-state index in [2.05, 4.69) is 20.5 Å². The van der Waals surface area contributed by atoms with Crippen molar-refractivity contribution in [2.75, 3.05) is 19.6 Å². The van der Waals surface area contributed by atoms with Crippen molar-refractivity contribution in [2.45, 2.75) is 52.3 Å². The second-order valence-electron chi connectivity index (χ2n) is 6.83. The Morgan fingerprint density at radius 1 is 1.48 bits per heavy atom. The molecule has 1 fully saturated rings. The van der Waals surface area contributed by atoms with E-state index in [1.807, 2.05) is 39.8 Å². The van der Waals surface area contributed by atoms with E-state index in [1.54, 1.807) is 6.26 Å². The molecule has 1 unspecified atom stereocenters. The molecule has 0 saturated carbocycles. The number of ether oxygens (including phenoxy) is 1. The zero-order valence-electron chi connectivity index (χ0n) is 15.4. The van der Waals surface area contributed by atoms with Crippen molar-refractivity contribution in [2.24, 2.45) is 4.99 Å². The second kappa shape index (κ2) is 9.88. The fourth-order valence-electron chi connectivity index (χ4n) is 2.53. The minimum absolute atomic E-state index is 0. The van der Waals surface area contributed by atoms with Crippen molar-refractivity contribution >= 4 is 36.0 Å². The summed E-state index contributed by atoms with van der Waals surface area (Å²) < 4.78 is 10.6. The summed E-state index contributed by atoms with van der Waals surface area (Å²) in [6.07, 6.45) is 2.14. The Kier molecular flexibility index (Phi) is 8.54. The van der Waals surface area contributed by atoms with Gasteiger partial charge in [0.15, 0.2) is 5.96 Å². The van der Waals surface area contributed by atoms with Crippen molar-refractivity contribution in [3.63, 3.8) is 0 Å². The summed E-state index contributed by atoms with van der Waals surface area (Å²) in [5, 5.41) is 6.22. The topological polar surface area (TPSA) is 79.1 Å². The summed E-state index contributed by atoms with van der Waals surface area (Å²) in [6, 6.07) is 3.82. The minimum Gasteiger partial charge on any atom is -0.467 e. The van der Waals surface area contributed by atoms with Crippen LogP contribution in [-0.2, 0) is 11.3 Å². The maximum Gasteiger partial charge on any atom is 0.407 e. The highest BCUT2D eigenvalue weighted by molar-refractivity contribution is 14.0. The van der Waals surface area contributed by atoms with E-state index in [0.717, 1.165) is 31.2 Å². The molecule has 1 saturated heterocycles. The molecule has 0 aliphatic carbocycles. The maximum atomic E-state index is 11.9. The van der Waals surface area contributed by atoms with Gasteiger partial charge in [-0.3, -0.25) is 0 Å². The third-order valence-electron chi connectivity index (χ3n) is 3.51. The van der Waals surface area contributed by atoms with Crippen LogP contribution < -0.4 is 10.6 Å². The number of guanidine groups is 1. The highest BCUT2D eigenvalue weighted by atomic mass is 127. The van der Waals surface area contributed by atoms with Crippen molar-refractivity contribution in [3.8, 4) is 0 Å². The van der Waals surface area contributed by atoms with E-state index in [-0.39, 0.29) is 36.1 Å². The molecule has 142 valence electrons. The Balaban J connectivity index is 0.00000312. The average Bonchev–Trinajstić information content (AvgIpc) is 3.12. The molecule has 1 aliphatic heterocycles. The van der Waals surface area contributed by atoms with Crippen LogP contribution in [0.5, 0.6) is 0 Å². The average molecular weight is 464 g/mol. The number of carbonyl (C=O) groups is 1. The quantitative estimate of drug-likeness (QED) is 0.407. The van der Waals surface area contributed by atoms with Gasteiger partial charge in [-0.05, 0) is 46.2 Å². The second-order valence-corrected chi connectivity index (χ2v) is 6.83. The Bertz CT molecular complexity index is 555. The molecule has 0 bridgehead atoms.